The largest absolute Gasteiger partial charge is 0.478 e. The number of alkyl carbamates (subject to hydrolysis) is 1. The minimum atomic E-state index is -1.14. The molecule has 3 aromatic rings. The van der Waals surface area contributed by atoms with E-state index in [1.807, 2.05) is 31.2 Å². The summed E-state index contributed by atoms with van der Waals surface area (Å²) >= 11 is 0.923. The first kappa shape index (κ1) is 24.4. The molecule has 35 heavy (non-hydrogen) atoms. The highest BCUT2D eigenvalue weighted by Crippen LogP contribution is 2.44. The summed E-state index contributed by atoms with van der Waals surface area (Å²) in [5.74, 6) is -1.59. The van der Waals surface area contributed by atoms with E-state index in [1.165, 1.54) is 0 Å². The van der Waals surface area contributed by atoms with Crippen molar-refractivity contribution in [3.8, 4) is 11.1 Å². The van der Waals surface area contributed by atoms with E-state index in [9.17, 15) is 19.5 Å². The number of aryl methyl sites for hydroxylation is 1. The summed E-state index contributed by atoms with van der Waals surface area (Å²) in [5, 5.41) is 15.0. The van der Waals surface area contributed by atoms with E-state index < -0.39 is 24.0 Å². The summed E-state index contributed by atoms with van der Waals surface area (Å²) in [4.78, 5) is 36.7. The van der Waals surface area contributed by atoms with Gasteiger partial charge in [-0.25, -0.2) is 9.59 Å². The Morgan fingerprint density at radius 3 is 2.31 bits per heavy atom. The molecule has 1 aliphatic carbocycles. The molecule has 182 valence electrons. The molecule has 1 aromatic heterocycles. The number of nitrogens with one attached hydrogen (secondary N) is 2. The molecule has 0 saturated heterocycles. The van der Waals surface area contributed by atoms with Crippen LogP contribution in [0.5, 0.6) is 0 Å². The third-order valence-electron chi connectivity index (χ3n) is 6.06. The van der Waals surface area contributed by atoms with Gasteiger partial charge in [0.2, 0.25) is 5.91 Å². The summed E-state index contributed by atoms with van der Waals surface area (Å²) in [6, 6.07) is 15.8. The van der Waals surface area contributed by atoms with Crippen molar-refractivity contribution in [1.82, 2.24) is 9.69 Å². The number of rotatable bonds is 9. The van der Waals surface area contributed by atoms with Crippen molar-refractivity contribution in [2.75, 3.05) is 11.9 Å². The van der Waals surface area contributed by atoms with Crippen molar-refractivity contribution >= 4 is 34.5 Å². The van der Waals surface area contributed by atoms with Gasteiger partial charge < -0.3 is 20.5 Å². The number of nitrogens with zero attached hydrogens (tertiary/aromatic N) is 1. The molecule has 0 radical (unpaired) electrons. The van der Waals surface area contributed by atoms with Crippen molar-refractivity contribution in [2.45, 2.75) is 45.1 Å². The highest BCUT2D eigenvalue weighted by atomic mass is 32.1. The smallest absolute Gasteiger partial charge is 0.407 e. The number of benzene rings is 2. The Balaban J connectivity index is 1.37. The Labute approximate surface area is 207 Å². The summed E-state index contributed by atoms with van der Waals surface area (Å²) in [5.41, 5.74) is 4.88. The topological polar surface area (TPSA) is 118 Å². The molecule has 0 aliphatic heterocycles. The first-order valence-electron chi connectivity index (χ1n) is 11.5. The fraction of sp³-hybridized carbons (Fsp3) is 0.308. The van der Waals surface area contributed by atoms with E-state index in [-0.39, 0.29) is 29.5 Å². The van der Waals surface area contributed by atoms with E-state index in [0.29, 0.717) is 12.1 Å². The van der Waals surface area contributed by atoms with Crippen LogP contribution in [0.1, 0.15) is 59.3 Å². The number of hydrogen-bond acceptors (Lipinski definition) is 6. The fourth-order valence-electron chi connectivity index (χ4n) is 4.49. The molecule has 1 atom stereocenters. The fourth-order valence-corrected chi connectivity index (χ4v) is 5.29. The number of carbonyl (C=O) groups is 3. The lowest BCUT2D eigenvalue weighted by Gasteiger charge is -2.19. The number of carboxylic acids is 1. The van der Waals surface area contributed by atoms with Gasteiger partial charge in [0.25, 0.3) is 0 Å². The van der Waals surface area contributed by atoms with Crippen LogP contribution in [-0.2, 0) is 9.53 Å². The second kappa shape index (κ2) is 10.7. The number of fused-ring (bicyclic) bond motifs is 3. The number of carbonyl (C=O) groups excluding carboxylic acids is 2. The van der Waals surface area contributed by atoms with Crippen LogP contribution < -0.4 is 10.6 Å². The quantitative estimate of drug-likeness (QED) is 0.378. The third kappa shape index (κ3) is 5.35. The molecule has 2 aromatic carbocycles. The Kier molecular flexibility index (Phi) is 7.45. The number of anilines is 1. The zero-order chi connectivity index (χ0) is 24.9. The van der Waals surface area contributed by atoms with Crippen LogP contribution in [0.3, 0.4) is 0 Å². The lowest BCUT2D eigenvalue weighted by Crippen LogP contribution is -2.38. The molecule has 1 aliphatic rings. The van der Waals surface area contributed by atoms with Gasteiger partial charge in [0.1, 0.15) is 17.2 Å². The Morgan fingerprint density at radius 1 is 1.09 bits per heavy atom. The van der Waals surface area contributed by atoms with Gasteiger partial charge in [-0.1, -0.05) is 61.9 Å². The average Bonchev–Trinajstić information content (AvgIpc) is 3.35. The standard InChI is InChI=1S/C26H27N3O5S/c1-3-8-16(13-22(30)28-24-23(25(31)32)15(2)29-35-24)27-26(33)34-14-21-19-11-6-4-9-17(19)18-10-5-7-12-20(18)21/h4-7,9-12,16,21H,3,8,13-14H2,1-2H3,(H,27,33)(H,28,30)(H,31,32)/t16-/m1/s1. The number of amides is 2. The third-order valence-corrected chi connectivity index (χ3v) is 6.92. The second-order valence-corrected chi connectivity index (χ2v) is 9.26. The summed E-state index contributed by atoms with van der Waals surface area (Å²) in [6.45, 7) is 3.72. The summed E-state index contributed by atoms with van der Waals surface area (Å²) in [6.07, 6.45) is 0.735. The van der Waals surface area contributed by atoms with Crippen LogP contribution in [0.25, 0.3) is 11.1 Å². The number of ether oxygens (including phenoxy) is 1. The number of carboxylic acid groups (broad SMARTS) is 1. The summed E-state index contributed by atoms with van der Waals surface area (Å²) in [7, 11) is 0. The number of aromatic carboxylic acids is 1. The van der Waals surface area contributed by atoms with Crippen LogP contribution >= 0.6 is 11.5 Å². The van der Waals surface area contributed by atoms with Gasteiger partial charge >= 0.3 is 12.1 Å². The van der Waals surface area contributed by atoms with E-state index in [4.69, 9.17) is 4.74 Å². The minimum absolute atomic E-state index is 0.00591. The van der Waals surface area contributed by atoms with E-state index >= 15 is 0 Å². The lowest BCUT2D eigenvalue weighted by molar-refractivity contribution is -0.116. The maximum absolute atomic E-state index is 12.6. The van der Waals surface area contributed by atoms with Gasteiger partial charge in [0, 0.05) is 18.4 Å². The predicted octanol–water partition coefficient (Wildman–Crippen LogP) is 5.19. The monoisotopic (exact) mass is 493 g/mol. The van der Waals surface area contributed by atoms with Crippen molar-refractivity contribution < 1.29 is 24.2 Å². The molecule has 9 heteroatoms. The van der Waals surface area contributed by atoms with Crippen LogP contribution in [0, 0.1) is 6.92 Å². The van der Waals surface area contributed by atoms with E-state index in [1.54, 1.807) is 6.92 Å². The molecular formula is C26H27N3O5S. The van der Waals surface area contributed by atoms with Gasteiger partial charge in [0.05, 0.1) is 5.69 Å². The van der Waals surface area contributed by atoms with Gasteiger partial charge in [-0.15, -0.1) is 0 Å². The van der Waals surface area contributed by atoms with Gasteiger partial charge in [0.15, 0.2) is 0 Å². The molecule has 0 spiro atoms. The SMILES string of the molecule is CCC[C@H](CC(=O)Nc1snc(C)c1C(=O)O)NC(=O)OCC1c2ccccc2-c2ccccc21. The molecule has 0 fully saturated rings. The molecule has 2 amide bonds. The van der Waals surface area contributed by atoms with Crippen molar-refractivity contribution in [1.29, 1.82) is 0 Å². The first-order valence-corrected chi connectivity index (χ1v) is 12.3. The van der Waals surface area contributed by atoms with Crippen LogP contribution in [-0.4, -0.2) is 40.1 Å². The maximum Gasteiger partial charge on any atom is 0.407 e. The Bertz CT molecular complexity index is 1210. The number of hydrogen-bond donors (Lipinski definition) is 3. The second-order valence-electron chi connectivity index (χ2n) is 8.49. The minimum Gasteiger partial charge on any atom is -0.478 e. The summed E-state index contributed by atoms with van der Waals surface area (Å²) < 4.78 is 9.61. The van der Waals surface area contributed by atoms with Crippen LogP contribution in [0.4, 0.5) is 9.80 Å². The van der Waals surface area contributed by atoms with Gasteiger partial charge in [-0.3, -0.25) is 4.79 Å². The van der Waals surface area contributed by atoms with Crippen molar-refractivity contribution in [2.24, 2.45) is 0 Å². The molecule has 3 N–H and O–H groups in total. The number of aromatic nitrogens is 1. The normalized spacial score (nSPS) is 13.0. The van der Waals surface area contributed by atoms with Crippen molar-refractivity contribution in [3.05, 3.63) is 70.9 Å². The maximum atomic E-state index is 12.6. The van der Waals surface area contributed by atoms with E-state index in [2.05, 4.69) is 39.3 Å². The van der Waals surface area contributed by atoms with E-state index in [0.717, 1.165) is 40.2 Å². The van der Waals surface area contributed by atoms with Gasteiger partial charge in [-0.2, -0.15) is 4.37 Å². The zero-order valence-corrected chi connectivity index (χ0v) is 20.4. The molecule has 1 heterocycles. The Morgan fingerprint density at radius 2 is 1.71 bits per heavy atom. The van der Waals surface area contributed by atoms with Crippen LogP contribution in [0.15, 0.2) is 48.5 Å². The molecule has 4 rings (SSSR count). The molecule has 0 bridgehead atoms. The molecular weight excluding hydrogens is 466 g/mol. The highest BCUT2D eigenvalue weighted by molar-refractivity contribution is 7.11. The average molecular weight is 494 g/mol. The molecule has 0 saturated carbocycles. The lowest BCUT2D eigenvalue weighted by atomic mass is 9.98. The Hall–Kier alpha value is -3.72. The first-order chi connectivity index (χ1) is 16.9. The predicted molar refractivity (Wildman–Crippen MR) is 134 cm³/mol. The van der Waals surface area contributed by atoms with Crippen LogP contribution in [0.2, 0.25) is 0 Å². The molecule has 8 nitrogen and oxygen atoms in total. The molecule has 0 unspecified atom stereocenters. The zero-order valence-electron chi connectivity index (χ0n) is 19.5. The van der Waals surface area contributed by atoms with Crippen molar-refractivity contribution in [3.63, 3.8) is 0 Å². The van der Waals surface area contributed by atoms with Gasteiger partial charge in [-0.05, 0) is 47.1 Å². The highest BCUT2D eigenvalue weighted by Gasteiger charge is 2.29.